The van der Waals surface area contributed by atoms with Crippen molar-refractivity contribution in [3.63, 3.8) is 0 Å². The number of aryl methyl sites for hydroxylation is 1. The third kappa shape index (κ3) is 1.69. The van der Waals surface area contributed by atoms with E-state index in [9.17, 15) is 0 Å². The van der Waals surface area contributed by atoms with Gasteiger partial charge >= 0.3 is 0 Å². The SMILES string of the molecule is Cn1nc(-c2ccc3oc(C4CC4)nc3c2)cc1N. The molecule has 5 heteroatoms. The number of benzene rings is 1. The van der Waals surface area contributed by atoms with Crippen LogP contribution >= 0.6 is 0 Å². The molecule has 0 spiro atoms. The zero-order valence-electron chi connectivity index (χ0n) is 10.6. The number of hydrogen-bond donors (Lipinski definition) is 1. The van der Waals surface area contributed by atoms with Crippen molar-refractivity contribution in [2.75, 3.05) is 5.73 Å². The number of anilines is 1. The minimum Gasteiger partial charge on any atom is -0.440 e. The van der Waals surface area contributed by atoms with E-state index >= 15 is 0 Å². The number of nitrogen functional groups attached to an aromatic ring is 1. The molecule has 1 aliphatic rings. The maximum absolute atomic E-state index is 5.81. The van der Waals surface area contributed by atoms with Crippen LogP contribution in [0.2, 0.25) is 0 Å². The van der Waals surface area contributed by atoms with E-state index in [1.165, 1.54) is 12.8 Å². The minimum atomic E-state index is 0.529. The molecule has 0 unspecified atom stereocenters. The third-order valence-corrected chi connectivity index (χ3v) is 3.54. The van der Waals surface area contributed by atoms with Crippen LogP contribution in [-0.4, -0.2) is 14.8 Å². The zero-order valence-corrected chi connectivity index (χ0v) is 10.6. The molecule has 1 aromatic carbocycles. The molecule has 5 nitrogen and oxygen atoms in total. The summed E-state index contributed by atoms with van der Waals surface area (Å²) >= 11 is 0. The number of nitrogens with zero attached hydrogens (tertiary/aromatic N) is 3. The molecule has 1 fully saturated rings. The van der Waals surface area contributed by atoms with Gasteiger partial charge in [0, 0.05) is 24.6 Å². The first-order valence-corrected chi connectivity index (χ1v) is 6.41. The van der Waals surface area contributed by atoms with Crippen molar-refractivity contribution >= 4 is 16.9 Å². The van der Waals surface area contributed by atoms with Crippen molar-refractivity contribution < 1.29 is 4.42 Å². The standard InChI is InChI=1S/C14H14N4O/c1-18-13(15)7-10(17-18)9-4-5-12-11(6-9)16-14(19-12)8-2-3-8/h4-8H,2-3,15H2,1H3. The van der Waals surface area contributed by atoms with Gasteiger partial charge in [0.25, 0.3) is 0 Å². The molecular weight excluding hydrogens is 240 g/mol. The topological polar surface area (TPSA) is 69.9 Å². The van der Waals surface area contributed by atoms with Crippen LogP contribution in [0.1, 0.15) is 24.7 Å². The molecule has 2 aromatic heterocycles. The predicted molar refractivity (Wildman–Crippen MR) is 72.6 cm³/mol. The van der Waals surface area contributed by atoms with Gasteiger partial charge in [0.05, 0.1) is 5.69 Å². The summed E-state index contributed by atoms with van der Waals surface area (Å²) in [6.07, 6.45) is 2.38. The summed E-state index contributed by atoms with van der Waals surface area (Å²) in [4.78, 5) is 4.56. The summed E-state index contributed by atoms with van der Waals surface area (Å²) in [5.74, 6) is 2.04. The number of rotatable bonds is 2. The lowest BCUT2D eigenvalue weighted by Gasteiger charge is -1.95. The van der Waals surface area contributed by atoms with Gasteiger partial charge in [-0.25, -0.2) is 4.98 Å². The Morgan fingerprint density at radius 3 is 2.84 bits per heavy atom. The van der Waals surface area contributed by atoms with Crippen molar-refractivity contribution in [2.24, 2.45) is 7.05 Å². The van der Waals surface area contributed by atoms with Gasteiger partial charge in [0.1, 0.15) is 11.3 Å². The highest BCUT2D eigenvalue weighted by molar-refractivity contribution is 5.80. The van der Waals surface area contributed by atoms with Crippen LogP contribution in [0.15, 0.2) is 28.7 Å². The highest BCUT2D eigenvalue weighted by Crippen LogP contribution is 2.40. The monoisotopic (exact) mass is 254 g/mol. The molecule has 0 aliphatic heterocycles. The first kappa shape index (κ1) is 10.6. The zero-order chi connectivity index (χ0) is 13.0. The highest BCUT2D eigenvalue weighted by Gasteiger charge is 2.28. The van der Waals surface area contributed by atoms with E-state index in [-0.39, 0.29) is 0 Å². The quantitative estimate of drug-likeness (QED) is 0.763. The fourth-order valence-electron chi connectivity index (χ4n) is 2.23. The lowest BCUT2D eigenvalue weighted by Crippen LogP contribution is -1.96. The number of nitrogens with two attached hydrogens (primary N) is 1. The van der Waals surface area contributed by atoms with E-state index in [1.807, 2.05) is 31.3 Å². The van der Waals surface area contributed by atoms with Crippen LogP contribution in [0.4, 0.5) is 5.82 Å². The Kier molecular flexibility index (Phi) is 2.01. The molecule has 0 bridgehead atoms. The molecule has 0 radical (unpaired) electrons. The number of aromatic nitrogens is 3. The van der Waals surface area contributed by atoms with Crippen molar-refractivity contribution in [3.05, 3.63) is 30.2 Å². The Morgan fingerprint density at radius 2 is 2.16 bits per heavy atom. The van der Waals surface area contributed by atoms with Crippen molar-refractivity contribution in [1.82, 2.24) is 14.8 Å². The van der Waals surface area contributed by atoms with Crippen molar-refractivity contribution in [1.29, 1.82) is 0 Å². The molecule has 0 saturated heterocycles. The van der Waals surface area contributed by atoms with Gasteiger partial charge in [-0.05, 0) is 31.0 Å². The largest absolute Gasteiger partial charge is 0.440 e. The Bertz CT molecular complexity index is 747. The molecule has 0 amide bonds. The molecule has 2 N–H and O–H groups in total. The Hall–Kier alpha value is -2.30. The van der Waals surface area contributed by atoms with Crippen LogP contribution in [0.5, 0.6) is 0 Å². The number of fused-ring (bicyclic) bond motifs is 1. The maximum atomic E-state index is 5.81. The van der Waals surface area contributed by atoms with Crippen LogP contribution in [0.25, 0.3) is 22.4 Å². The lowest BCUT2D eigenvalue weighted by molar-refractivity contribution is 0.533. The van der Waals surface area contributed by atoms with Crippen molar-refractivity contribution in [2.45, 2.75) is 18.8 Å². The molecule has 1 saturated carbocycles. The van der Waals surface area contributed by atoms with E-state index in [0.29, 0.717) is 11.7 Å². The normalized spacial score (nSPS) is 15.2. The van der Waals surface area contributed by atoms with Crippen LogP contribution < -0.4 is 5.73 Å². The van der Waals surface area contributed by atoms with Gasteiger partial charge in [-0.15, -0.1) is 0 Å². The fourth-order valence-corrected chi connectivity index (χ4v) is 2.23. The Labute approximate surface area is 110 Å². The van der Waals surface area contributed by atoms with Crippen LogP contribution in [0, 0.1) is 0 Å². The molecule has 0 atom stereocenters. The van der Waals surface area contributed by atoms with Gasteiger partial charge in [0.15, 0.2) is 11.5 Å². The molecule has 3 aromatic rings. The fraction of sp³-hybridized carbons (Fsp3) is 0.286. The van der Waals surface area contributed by atoms with Crippen LogP contribution in [-0.2, 0) is 7.05 Å². The van der Waals surface area contributed by atoms with E-state index in [4.69, 9.17) is 10.2 Å². The van der Waals surface area contributed by atoms with E-state index < -0.39 is 0 Å². The van der Waals surface area contributed by atoms with Crippen LogP contribution in [0.3, 0.4) is 0 Å². The first-order valence-electron chi connectivity index (χ1n) is 6.41. The lowest BCUT2D eigenvalue weighted by atomic mass is 10.1. The maximum Gasteiger partial charge on any atom is 0.198 e. The van der Waals surface area contributed by atoms with Gasteiger partial charge in [0.2, 0.25) is 0 Å². The highest BCUT2D eigenvalue weighted by atomic mass is 16.3. The second-order valence-corrected chi connectivity index (χ2v) is 5.09. The summed E-state index contributed by atoms with van der Waals surface area (Å²) in [5.41, 5.74) is 9.41. The summed E-state index contributed by atoms with van der Waals surface area (Å²) in [7, 11) is 1.83. The molecule has 2 heterocycles. The van der Waals surface area contributed by atoms with Crippen molar-refractivity contribution in [3.8, 4) is 11.3 Å². The number of hydrogen-bond acceptors (Lipinski definition) is 4. The summed E-state index contributed by atoms with van der Waals surface area (Å²) in [6.45, 7) is 0. The third-order valence-electron chi connectivity index (χ3n) is 3.54. The first-order chi connectivity index (χ1) is 9.20. The smallest absolute Gasteiger partial charge is 0.198 e. The van der Waals surface area contributed by atoms with Gasteiger partial charge < -0.3 is 10.2 Å². The van der Waals surface area contributed by atoms with E-state index in [1.54, 1.807) is 4.68 Å². The van der Waals surface area contributed by atoms with Gasteiger partial charge in [-0.1, -0.05) is 0 Å². The van der Waals surface area contributed by atoms with E-state index in [2.05, 4.69) is 10.1 Å². The second-order valence-electron chi connectivity index (χ2n) is 5.09. The number of oxazole rings is 1. The molecule has 96 valence electrons. The summed E-state index contributed by atoms with van der Waals surface area (Å²) in [5, 5.41) is 4.37. The molecule has 4 rings (SSSR count). The average molecular weight is 254 g/mol. The van der Waals surface area contributed by atoms with E-state index in [0.717, 1.165) is 28.2 Å². The molecular formula is C14H14N4O. The van der Waals surface area contributed by atoms with Gasteiger partial charge in [-0.3, -0.25) is 4.68 Å². The Balaban J connectivity index is 1.82. The molecule has 1 aliphatic carbocycles. The summed E-state index contributed by atoms with van der Waals surface area (Å²) in [6, 6.07) is 7.82. The Morgan fingerprint density at radius 1 is 1.32 bits per heavy atom. The minimum absolute atomic E-state index is 0.529. The molecule has 19 heavy (non-hydrogen) atoms. The second kappa shape index (κ2) is 3.60. The average Bonchev–Trinajstić information content (AvgIpc) is 3.08. The van der Waals surface area contributed by atoms with Gasteiger partial charge in [-0.2, -0.15) is 5.10 Å². The summed E-state index contributed by atoms with van der Waals surface area (Å²) < 4.78 is 7.41. The predicted octanol–water partition coefficient (Wildman–Crippen LogP) is 2.69.